The number of nitrogens with zero attached hydrogens (tertiary/aromatic N) is 5. The van der Waals surface area contributed by atoms with Gasteiger partial charge in [0.05, 0.1) is 23.1 Å². The number of halogens is 3. The average molecular weight is 788 g/mol. The Morgan fingerprint density at radius 3 is 2.12 bits per heavy atom. The summed E-state index contributed by atoms with van der Waals surface area (Å²) in [5.74, 6) is -2.98. The molecule has 0 radical (unpaired) electrons. The molecule has 2 saturated carbocycles. The van der Waals surface area contributed by atoms with Gasteiger partial charge in [0.2, 0.25) is 0 Å². The quantitative estimate of drug-likeness (QED) is 0.119. The number of fused-ring (bicyclic) bond motifs is 2. The molecule has 0 spiro atoms. The minimum absolute atomic E-state index is 0.220. The predicted molar refractivity (Wildman–Crippen MR) is 215 cm³/mol. The molecule has 9 rings (SSSR count). The van der Waals surface area contributed by atoms with E-state index in [1.807, 2.05) is 30.5 Å². The second kappa shape index (κ2) is 18.6. The molecular formula is C42H52F3N9O3. The highest BCUT2D eigenvalue weighted by Crippen LogP contribution is 2.34. The fourth-order valence-electron chi connectivity index (χ4n) is 8.63. The van der Waals surface area contributed by atoms with Crippen LogP contribution in [0.5, 0.6) is 0 Å². The Morgan fingerprint density at radius 1 is 0.807 bits per heavy atom. The van der Waals surface area contributed by atoms with Crippen molar-refractivity contribution in [1.29, 1.82) is 0 Å². The largest absolute Gasteiger partial charge is 0.490 e. The molecule has 12 nitrogen and oxygen atoms in total. The summed E-state index contributed by atoms with van der Waals surface area (Å²) in [6.45, 7) is 10.1. The average Bonchev–Trinajstić information content (AvgIpc) is 4.07. The molecule has 4 aliphatic rings. The van der Waals surface area contributed by atoms with Gasteiger partial charge in [-0.2, -0.15) is 18.3 Å². The van der Waals surface area contributed by atoms with Gasteiger partial charge < -0.3 is 20.7 Å². The summed E-state index contributed by atoms with van der Waals surface area (Å²) in [5.41, 5.74) is 6.10. The van der Waals surface area contributed by atoms with Crippen LogP contribution in [0.1, 0.15) is 67.5 Å². The van der Waals surface area contributed by atoms with Crippen LogP contribution < -0.4 is 10.6 Å². The first-order chi connectivity index (χ1) is 27.6. The molecule has 0 unspecified atom stereocenters. The number of carboxylic acids is 1. The van der Waals surface area contributed by atoms with E-state index in [-0.39, 0.29) is 5.91 Å². The molecule has 2 aliphatic carbocycles. The maximum Gasteiger partial charge on any atom is 0.490 e. The van der Waals surface area contributed by atoms with Crippen LogP contribution >= 0.6 is 0 Å². The topological polar surface area (TPSA) is 146 Å². The smallest absolute Gasteiger partial charge is 0.475 e. The van der Waals surface area contributed by atoms with Gasteiger partial charge in [-0.1, -0.05) is 43.9 Å². The first kappa shape index (κ1) is 40.4. The number of hydrogen-bond donors (Lipinski definition) is 5. The second-order valence-electron chi connectivity index (χ2n) is 15.3. The van der Waals surface area contributed by atoms with E-state index < -0.39 is 12.1 Å². The number of anilines is 1. The van der Waals surface area contributed by atoms with Gasteiger partial charge in [0.25, 0.3) is 5.91 Å². The van der Waals surface area contributed by atoms with Crippen molar-refractivity contribution >= 4 is 39.4 Å². The van der Waals surface area contributed by atoms with Crippen LogP contribution in [0.3, 0.4) is 0 Å². The second-order valence-corrected chi connectivity index (χ2v) is 15.3. The van der Waals surface area contributed by atoms with E-state index in [4.69, 9.17) is 14.9 Å². The number of alkyl halides is 3. The number of nitrogens with one attached hydrogen (secondary N) is 4. The third-order valence-electron chi connectivity index (χ3n) is 11.6. The minimum Gasteiger partial charge on any atom is -0.475 e. The summed E-state index contributed by atoms with van der Waals surface area (Å²) < 4.78 is 31.7. The molecule has 2 saturated heterocycles. The number of piperazine rings is 2. The molecule has 2 aromatic carbocycles. The molecule has 0 atom stereocenters. The van der Waals surface area contributed by atoms with Crippen molar-refractivity contribution in [3.05, 3.63) is 78.4 Å². The molecule has 0 bridgehead atoms. The van der Waals surface area contributed by atoms with Gasteiger partial charge in [-0.05, 0) is 73.2 Å². The number of benzene rings is 2. The van der Waals surface area contributed by atoms with Crippen LogP contribution in [0, 0.1) is 0 Å². The Hall–Kier alpha value is -4.83. The Bertz CT molecular complexity index is 2090. The zero-order valence-corrected chi connectivity index (χ0v) is 32.2. The van der Waals surface area contributed by atoms with Crippen molar-refractivity contribution in [2.75, 3.05) is 57.7 Å². The summed E-state index contributed by atoms with van der Waals surface area (Å²) in [5, 5.41) is 22.9. The molecule has 15 heteroatoms. The highest BCUT2D eigenvalue weighted by atomic mass is 19.4. The lowest BCUT2D eigenvalue weighted by Crippen LogP contribution is -2.49. The first-order valence-corrected chi connectivity index (χ1v) is 20.1. The van der Waals surface area contributed by atoms with Crippen molar-refractivity contribution in [2.45, 2.75) is 76.2 Å². The highest BCUT2D eigenvalue weighted by Gasteiger charge is 2.38. The molecule has 5 aromatic rings. The number of amides is 1. The maximum absolute atomic E-state index is 13.4. The van der Waals surface area contributed by atoms with Crippen LogP contribution in [0.4, 0.5) is 18.9 Å². The molecule has 3 aromatic heterocycles. The molecule has 5 heterocycles. The van der Waals surface area contributed by atoms with Crippen molar-refractivity contribution in [3.63, 3.8) is 0 Å². The molecule has 4 fully saturated rings. The number of aromatic amines is 2. The lowest BCUT2D eigenvalue weighted by atomic mass is 9.99. The van der Waals surface area contributed by atoms with E-state index in [1.165, 1.54) is 77.5 Å². The first-order valence-electron chi connectivity index (χ1n) is 20.1. The van der Waals surface area contributed by atoms with Crippen molar-refractivity contribution in [2.24, 2.45) is 0 Å². The molecule has 5 N–H and O–H groups in total. The van der Waals surface area contributed by atoms with Crippen molar-refractivity contribution in [3.8, 4) is 11.1 Å². The zero-order valence-electron chi connectivity index (χ0n) is 32.2. The maximum atomic E-state index is 13.4. The number of carboxylic acid groups (broad SMARTS) is 1. The number of aromatic nitrogens is 4. The molecule has 1 amide bonds. The van der Waals surface area contributed by atoms with E-state index in [0.717, 1.165) is 83.4 Å². The molecule has 57 heavy (non-hydrogen) atoms. The van der Waals surface area contributed by atoms with E-state index in [0.29, 0.717) is 11.4 Å². The van der Waals surface area contributed by atoms with Crippen molar-refractivity contribution < 1.29 is 27.9 Å². The highest BCUT2D eigenvalue weighted by molar-refractivity contribution is 6.09. The molecular weight excluding hydrogens is 736 g/mol. The monoisotopic (exact) mass is 787 g/mol. The standard InChI is InChI=1S/C31H33N7O.C9H18N2.C2HF3O2/c39-31(28-10-3-5-22(34-28)20-37-13-15-38(16-14-37)23-6-1-2-7-23)35-29-17-21(18-30-26(29)19-33-36-30)24-8-4-9-27-25(24)11-12-32-27;1-2-4-9(3-1)11-7-5-10-6-8-11;3-2(4,5)1(6)7/h3-5,8-12,17-19,23,32H,1-2,6-7,13-16,20H2,(H,33,36)(H,35,39);9-10H,1-8H2;(H,6,7). The van der Waals surface area contributed by atoms with Gasteiger partial charge in [0, 0.05) is 93.5 Å². The van der Waals surface area contributed by atoms with Gasteiger partial charge in [0.1, 0.15) is 5.69 Å². The number of rotatable bonds is 7. The van der Waals surface area contributed by atoms with E-state index in [1.54, 1.807) is 12.3 Å². The number of pyridine rings is 1. The minimum atomic E-state index is -5.08. The summed E-state index contributed by atoms with van der Waals surface area (Å²) in [4.78, 5) is 38.1. The third kappa shape index (κ3) is 10.4. The predicted octanol–water partition coefficient (Wildman–Crippen LogP) is 6.89. The van der Waals surface area contributed by atoms with Crippen LogP contribution in [0.2, 0.25) is 0 Å². The third-order valence-corrected chi connectivity index (χ3v) is 11.6. The number of H-pyrrole nitrogens is 2. The van der Waals surface area contributed by atoms with Crippen LogP contribution in [0.25, 0.3) is 32.9 Å². The van der Waals surface area contributed by atoms with Crippen LogP contribution in [-0.4, -0.2) is 122 Å². The van der Waals surface area contributed by atoms with Crippen LogP contribution in [0.15, 0.2) is 67.0 Å². The van der Waals surface area contributed by atoms with E-state index in [9.17, 15) is 18.0 Å². The van der Waals surface area contributed by atoms with Crippen molar-refractivity contribution in [1.82, 2.24) is 40.2 Å². The Balaban J connectivity index is 0.000000227. The molecule has 2 aliphatic heterocycles. The lowest BCUT2D eigenvalue weighted by molar-refractivity contribution is -0.192. The van der Waals surface area contributed by atoms with Gasteiger partial charge >= 0.3 is 12.1 Å². The fourth-order valence-corrected chi connectivity index (χ4v) is 8.63. The van der Waals surface area contributed by atoms with Gasteiger partial charge in [0.15, 0.2) is 0 Å². The number of aliphatic carboxylic acids is 1. The fraction of sp³-hybridized carbons (Fsp3) is 0.476. The lowest BCUT2D eigenvalue weighted by Gasteiger charge is -2.37. The number of carbonyl (C=O) groups excluding carboxylic acids is 1. The Kier molecular flexibility index (Phi) is 13.2. The van der Waals surface area contributed by atoms with Gasteiger partial charge in [-0.15, -0.1) is 0 Å². The van der Waals surface area contributed by atoms with Crippen LogP contribution in [-0.2, 0) is 11.3 Å². The summed E-state index contributed by atoms with van der Waals surface area (Å²) in [6.07, 6.45) is 9.93. The SMILES string of the molecule is C1CCC(N2CCNCC2)C1.O=C(Nc1cc(-c2cccc3[nH]ccc23)cc2[nH]ncc12)c1cccc(CN2CCN(C3CCCC3)CC2)n1.O=C(O)C(F)(F)F. The number of carbonyl (C=O) groups is 2. The summed E-state index contributed by atoms with van der Waals surface area (Å²) in [6, 6.07) is 19.8. The van der Waals surface area contributed by atoms with Gasteiger partial charge in [-0.25, -0.2) is 9.78 Å². The van der Waals surface area contributed by atoms with E-state index >= 15 is 0 Å². The summed E-state index contributed by atoms with van der Waals surface area (Å²) in [7, 11) is 0. The Morgan fingerprint density at radius 2 is 1.46 bits per heavy atom. The normalized spacial score (nSPS) is 18.9. The van der Waals surface area contributed by atoms with Gasteiger partial charge in [-0.3, -0.25) is 24.6 Å². The summed E-state index contributed by atoms with van der Waals surface area (Å²) >= 11 is 0. The van der Waals surface area contributed by atoms with E-state index in [2.05, 4.69) is 64.8 Å². The number of hydrogen-bond acceptors (Lipinski definition) is 8. The Labute approximate surface area is 330 Å². The zero-order chi connectivity index (χ0) is 39.8. The molecule has 304 valence electrons.